The zero-order valence-corrected chi connectivity index (χ0v) is 13.3. The van der Waals surface area contributed by atoms with Crippen LogP contribution in [0.25, 0.3) is 0 Å². The predicted octanol–water partition coefficient (Wildman–Crippen LogP) is 3.84. The van der Waals surface area contributed by atoms with Crippen molar-refractivity contribution in [1.82, 2.24) is 5.32 Å². The Labute approximate surface area is 123 Å². The molecule has 112 valence electrons. The molecule has 3 nitrogen and oxygen atoms in total. The van der Waals surface area contributed by atoms with Crippen LogP contribution >= 0.6 is 0 Å². The average molecular weight is 276 g/mol. The van der Waals surface area contributed by atoms with E-state index < -0.39 is 0 Å². The summed E-state index contributed by atoms with van der Waals surface area (Å²) in [5.41, 5.74) is 3.74. The molecule has 0 aliphatic rings. The number of aryl methyl sites for hydroxylation is 1. The number of benzene rings is 1. The van der Waals surface area contributed by atoms with Crippen LogP contribution in [0, 0.1) is 6.92 Å². The molecular weight excluding hydrogens is 248 g/mol. The molecule has 2 N–H and O–H groups in total. The van der Waals surface area contributed by atoms with Gasteiger partial charge in [0.05, 0.1) is 0 Å². The van der Waals surface area contributed by atoms with Gasteiger partial charge in [0.25, 0.3) is 0 Å². The SMILES string of the molecule is CCCCNC(=O)CCNc1c(C)cccc1C(C)C. The number of amides is 1. The van der Waals surface area contributed by atoms with Gasteiger partial charge in [0.1, 0.15) is 0 Å². The molecule has 0 spiro atoms. The van der Waals surface area contributed by atoms with Crippen molar-refractivity contribution in [1.29, 1.82) is 0 Å². The van der Waals surface area contributed by atoms with E-state index in [4.69, 9.17) is 0 Å². The first-order chi connectivity index (χ1) is 9.56. The topological polar surface area (TPSA) is 41.1 Å². The molecule has 1 rings (SSSR count). The van der Waals surface area contributed by atoms with Gasteiger partial charge in [-0.3, -0.25) is 4.79 Å². The monoisotopic (exact) mass is 276 g/mol. The number of unbranched alkanes of at least 4 members (excludes halogenated alkanes) is 1. The van der Waals surface area contributed by atoms with Crippen molar-refractivity contribution in [2.45, 2.75) is 52.9 Å². The highest BCUT2D eigenvalue weighted by atomic mass is 16.1. The van der Waals surface area contributed by atoms with E-state index in [2.05, 4.69) is 56.5 Å². The van der Waals surface area contributed by atoms with E-state index >= 15 is 0 Å². The number of anilines is 1. The Balaban J connectivity index is 2.48. The van der Waals surface area contributed by atoms with Crippen LogP contribution in [0.4, 0.5) is 5.69 Å². The number of hydrogen-bond acceptors (Lipinski definition) is 2. The lowest BCUT2D eigenvalue weighted by Crippen LogP contribution is -2.26. The van der Waals surface area contributed by atoms with Gasteiger partial charge in [0.15, 0.2) is 0 Å². The molecule has 0 aromatic heterocycles. The first-order valence-electron chi connectivity index (χ1n) is 7.66. The van der Waals surface area contributed by atoms with Crippen molar-refractivity contribution in [2.75, 3.05) is 18.4 Å². The molecule has 1 aromatic rings. The summed E-state index contributed by atoms with van der Waals surface area (Å²) in [4.78, 5) is 11.7. The van der Waals surface area contributed by atoms with Crippen molar-refractivity contribution in [3.05, 3.63) is 29.3 Å². The Kier molecular flexibility index (Phi) is 7.13. The van der Waals surface area contributed by atoms with Crippen molar-refractivity contribution >= 4 is 11.6 Å². The van der Waals surface area contributed by atoms with Gasteiger partial charge in [-0.1, -0.05) is 45.4 Å². The number of nitrogens with one attached hydrogen (secondary N) is 2. The fraction of sp³-hybridized carbons (Fsp3) is 0.588. The van der Waals surface area contributed by atoms with Gasteiger partial charge in [0, 0.05) is 25.2 Å². The molecule has 0 bridgehead atoms. The molecule has 0 unspecified atom stereocenters. The maximum absolute atomic E-state index is 11.7. The van der Waals surface area contributed by atoms with E-state index in [0.29, 0.717) is 18.9 Å². The van der Waals surface area contributed by atoms with E-state index in [9.17, 15) is 4.79 Å². The molecule has 1 aromatic carbocycles. The molecular formula is C17H28N2O. The lowest BCUT2D eigenvalue weighted by molar-refractivity contribution is -0.120. The Morgan fingerprint density at radius 1 is 1.25 bits per heavy atom. The van der Waals surface area contributed by atoms with E-state index in [1.165, 1.54) is 16.8 Å². The van der Waals surface area contributed by atoms with Crippen LogP contribution in [0.1, 0.15) is 57.1 Å². The minimum atomic E-state index is 0.130. The van der Waals surface area contributed by atoms with Crippen LogP contribution in [0.15, 0.2) is 18.2 Å². The van der Waals surface area contributed by atoms with Gasteiger partial charge in [0.2, 0.25) is 5.91 Å². The van der Waals surface area contributed by atoms with Crippen LogP contribution in [-0.4, -0.2) is 19.0 Å². The Morgan fingerprint density at radius 2 is 2.00 bits per heavy atom. The first kappa shape index (κ1) is 16.5. The van der Waals surface area contributed by atoms with Crippen LogP contribution < -0.4 is 10.6 Å². The summed E-state index contributed by atoms with van der Waals surface area (Å²) in [6.07, 6.45) is 2.68. The molecule has 0 atom stereocenters. The van der Waals surface area contributed by atoms with Crippen molar-refractivity contribution in [3.8, 4) is 0 Å². The molecule has 20 heavy (non-hydrogen) atoms. The van der Waals surface area contributed by atoms with E-state index in [1.807, 2.05) is 0 Å². The quantitative estimate of drug-likeness (QED) is 0.708. The van der Waals surface area contributed by atoms with Crippen LogP contribution in [0.5, 0.6) is 0 Å². The Hall–Kier alpha value is -1.51. The summed E-state index contributed by atoms with van der Waals surface area (Å²) in [6.45, 7) is 10.1. The third kappa shape index (κ3) is 5.24. The first-order valence-corrected chi connectivity index (χ1v) is 7.66. The molecule has 1 amide bonds. The smallest absolute Gasteiger partial charge is 0.221 e. The second-order valence-electron chi connectivity index (χ2n) is 5.57. The zero-order chi connectivity index (χ0) is 15.0. The fourth-order valence-corrected chi connectivity index (χ4v) is 2.21. The van der Waals surface area contributed by atoms with Crippen LogP contribution in [-0.2, 0) is 4.79 Å². The molecule has 3 heteroatoms. The summed E-state index contributed by atoms with van der Waals surface area (Å²) in [7, 11) is 0. The highest BCUT2D eigenvalue weighted by Gasteiger charge is 2.09. The minimum absolute atomic E-state index is 0.130. The molecule has 0 aliphatic carbocycles. The predicted molar refractivity (Wildman–Crippen MR) is 86.3 cm³/mol. The van der Waals surface area contributed by atoms with Crippen molar-refractivity contribution < 1.29 is 4.79 Å². The van der Waals surface area contributed by atoms with Crippen LogP contribution in [0.2, 0.25) is 0 Å². The maximum Gasteiger partial charge on any atom is 0.221 e. The lowest BCUT2D eigenvalue weighted by Gasteiger charge is -2.17. The third-order valence-corrected chi connectivity index (χ3v) is 3.43. The third-order valence-electron chi connectivity index (χ3n) is 3.43. The highest BCUT2D eigenvalue weighted by molar-refractivity contribution is 5.76. The molecule has 0 fully saturated rings. The van der Waals surface area contributed by atoms with Gasteiger partial charge in [-0.15, -0.1) is 0 Å². The summed E-state index contributed by atoms with van der Waals surface area (Å²) >= 11 is 0. The van der Waals surface area contributed by atoms with Crippen LogP contribution in [0.3, 0.4) is 0 Å². The van der Waals surface area contributed by atoms with Gasteiger partial charge in [-0.25, -0.2) is 0 Å². The van der Waals surface area contributed by atoms with Gasteiger partial charge >= 0.3 is 0 Å². The number of carbonyl (C=O) groups is 1. The number of hydrogen-bond donors (Lipinski definition) is 2. The molecule has 0 saturated heterocycles. The number of rotatable bonds is 8. The van der Waals surface area contributed by atoms with Gasteiger partial charge < -0.3 is 10.6 Å². The van der Waals surface area contributed by atoms with Crippen molar-refractivity contribution in [2.24, 2.45) is 0 Å². The normalized spacial score (nSPS) is 10.7. The molecule has 0 aliphatic heterocycles. The van der Waals surface area contributed by atoms with E-state index in [0.717, 1.165) is 19.4 Å². The summed E-state index contributed by atoms with van der Waals surface area (Å²) in [5, 5.41) is 6.37. The van der Waals surface area contributed by atoms with Gasteiger partial charge in [-0.2, -0.15) is 0 Å². The summed E-state index contributed by atoms with van der Waals surface area (Å²) in [6, 6.07) is 6.35. The van der Waals surface area contributed by atoms with E-state index in [-0.39, 0.29) is 5.91 Å². The van der Waals surface area contributed by atoms with E-state index in [1.54, 1.807) is 0 Å². The highest BCUT2D eigenvalue weighted by Crippen LogP contribution is 2.27. The molecule has 0 radical (unpaired) electrons. The Morgan fingerprint density at radius 3 is 2.65 bits per heavy atom. The second-order valence-corrected chi connectivity index (χ2v) is 5.57. The van der Waals surface area contributed by atoms with Gasteiger partial charge in [-0.05, 0) is 30.4 Å². The zero-order valence-electron chi connectivity index (χ0n) is 13.3. The second kappa shape index (κ2) is 8.62. The molecule has 0 saturated carbocycles. The largest absolute Gasteiger partial charge is 0.384 e. The number of para-hydroxylation sites is 1. The number of carbonyl (C=O) groups excluding carboxylic acids is 1. The maximum atomic E-state index is 11.7. The van der Waals surface area contributed by atoms with Crippen molar-refractivity contribution in [3.63, 3.8) is 0 Å². The minimum Gasteiger partial charge on any atom is -0.384 e. The summed E-state index contributed by atoms with van der Waals surface area (Å²) in [5.74, 6) is 0.612. The standard InChI is InChI=1S/C17H28N2O/c1-5-6-11-18-16(20)10-12-19-17-14(4)8-7-9-15(17)13(2)3/h7-9,13,19H,5-6,10-12H2,1-4H3,(H,18,20). The lowest BCUT2D eigenvalue weighted by atomic mass is 9.98. The Bertz CT molecular complexity index is 427. The summed E-state index contributed by atoms with van der Waals surface area (Å²) < 4.78 is 0. The molecule has 0 heterocycles. The average Bonchev–Trinajstić information content (AvgIpc) is 2.40. The fourth-order valence-electron chi connectivity index (χ4n) is 2.21.